The maximum absolute atomic E-state index is 2.42. The van der Waals surface area contributed by atoms with Gasteiger partial charge in [0.15, 0.2) is 0 Å². The molecule has 0 unspecified atom stereocenters. The molecular formula is C48H36S. The van der Waals surface area contributed by atoms with Crippen molar-refractivity contribution in [2.24, 2.45) is 0 Å². The molecule has 9 aromatic rings. The monoisotopic (exact) mass is 644 g/mol. The first-order chi connectivity index (χ1) is 24.0. The van der Waals surface area contributed by atoms with Crippen LogP contribution in [0.2, 0.25) is 0 Å². The van der Waals surface area contributed by atoms with Gasteiger partial charge in [0.2, 0.25) is 0 Å². The Hall–Kier alpha value is -5.50. The van der Waals surface area contributed by atoms with Crippen LogP contribution in [0.3, 0.4) is 0 Å². The van der Waals surface area contributed by atoms with Crippen molar-refractivity contribution in [1.82, 2.24) is 0 Å². The van der Waals surface area contributed by atoms with Gasteiger partial charge in [-0.2, -0.15) is 0 Å². The molecule has 0 atom stereocenters. The topological polar surface area (TPSA) is 0 Å². The third kappa shape index (κ3) is 4.80. The van der Waals surface area contributed by atoms with E-state index in [0.717, 1.165) is 0 Å². The average molecular weight is 645 g/mol. The molecule has 0 bridgehead atoms. The van der Waals surface area contributed by atoms with Crippen molar-refractivity contribution < 1.29 is 0 Å². The molecule has 49 heavy (non-hydrogen) atoms. The first kappa shape index (κ1) is 29.6. The van der Waals surface area contributed by atoms with Crippen LogP contribution in [-0.4, -0.2) is 0 Å². The molecule has 8 aromatic carbocycles. The van der Waals surface area contributed by atoms with Crippen molar-refractivity contribution in [2.75, 3.05) is 0 Å². The lowest BCUT2D eigenvalue weighted by molar-refractivity contribution is 1.36. The van der Waals surface area contributed by atoms with Gasteiger partial charge in [0.1, 0.15) is 0 Å². The summed E-state index contributed by atoms with van der Waals surface area (Å²) in [6.07, 6.45) is 0. The number of fused-ring (bicyclic) bond motifs is 5. The predicted molar refractivity (Wildman–Crippen MR) is 215 cm³/mol. The van der Waals surface area contributed by atoms with Gasteiger partial charge in [-0.1, -0.05) is 133 Å². The SMILES string of the molecule is Cc1cc2c(-c3ccccc3)c3cc(C)c(C)cc3c(-c3ccc(-c4c(-c5ccccc5)ccc5sc6ccccc6c45)cc3)c2cc1C. The summed E-state index contributed by atoms with van der Waals surface area (Å²) >= 11 is 1.88. The van der Waals surface area contributed by atoms with Gasteiger partial charge in [-0.05, 0) is 128 Å². The molecule has 234 valence electrons. The fraction of sp³-hybridized carbons (Fsp3) is 0.0833. The Morgan fingerprint density at radius 1 is 0.327 bits per heavy atom. The maximum atomic E-state index is 2.42. The molecule has 0 amide bonds. The lowest BCUT2D eigenvalue weighted by Crippen LogP contribution is -1.95. The lowest BCUT2D eigenvalue weighted by atomic mass is 9.83. The molecule has 1 aromatic heterocycles. The second kappa shape index (κ2) is 11.6. The van der Waals surface area contributed by atoms with Crippen molar-refractivity contribution >= 4 is 53.1 Å². The number of thiophene rings is 1. The number of hydrogen-bond acceptors (Lipinski definition) is 1. The van der Waals surface area contributed by atoms with E-state index in [1.807, 2.05) is 11.3 Å². The minimum absolute atomic E-state index is 1.24. The molecule has 0 radical (unpaired) electrons. The largest absolute Gasteiger partial charge is 0.135 e. The first-order valence-electron chi connectivity index (χ1n) is 17.1. The molecule has 9 rings (SSSR count). The van der Waals surface area contributed by atoms with Crippen LogP contribution >= 0.6 is 11.3 Å². The van der Waals surface area contributed by atoms with Gasteiger partial charge in [0, 0.05) is 20.2 Å². The highest BCUT2D eigenvalue weighted by Gasteiger charge is 2.20. The molecule has 1 heterocycles. The highest BCUT2D eigenvalue weighted by atomic mass is 32.1. The van der Waals surface area contributed by atoms with Crippen molar-refractivity contribution in [2.45, 2.75) is 27.7 Å². The molecule has 0 nitrogen and oxygen atoms in total. The molecule has 0 fully saturated rings. The van der Waals surface area contributed by atoms with E-state index in [1.165, 1.54) is 108 Å². The summed E-state index contributed by atoms with van der Waals surface area (Å²) in [6.45, 7) is 8.96. The zero-order valence-corrected chi connectivity index (χ0v) is 29.1. The van der Waals surface area contributed by atoms with Gasteiger partial charge in [-0.15, -0.1) is 11.3 Å². The number of rotatable bonds is 4. The number of aryl methyl sites for hydroxylation is 4. The highest BCUT2D eigenvalue weighted by Crippen LogP contribution is 2.48. The Bertz CT molecular complexity index is 2640. The van der Waals surface area contributed by atoms with E-state index in [2.05, 4.69) is 173 Å². The van der Waals surface area contributed by atoms with Gasteiger partial charge < -0.3 is 0 Å². The molecule has 0 aliphatic rings. The Morgan fingerprint density at radius 2 is 0.755 bits per heavy atom. The fourth-order valence-electron chi connectivity index (χ4n) is 7.76. The van der Waals surface area contributed by atoms with Gasteiger partial charge >= 0.3 is 0 Å². The van der Waals surface area contributed by atoms with E-state index in [1.54, 1.807) is 0 Å². The second-order valence-electron chi connectivity index (χ2n) is 13.5. The highest BCUT2D eigenvalue weighted by molar-refractivity contribution is 7.26. The summed E-state index contributed by atoms with van der Waals surface area (Å²) in [5, 5.41) is 7.90. The summed E-state index contributed by atoms with van der Waals surface area (Å²) < 4.78 is 2.65. The molecule has 1 heteroatoms. The Kier molecular flexibility index (Phi) is 7.00. The molecule has 0 aliphatic heterocycles. The molecule has 0 saturated carbocycles. The maximum Gasteiger partial charge on any atom is 0.0362 e. The van der Waals surface area contributed by atoms with Crippen molar-refractivity contribution in [3.05, 3.63) is 168 Å². The van der Waals surface area contributed by atoms with Crippen molar-refractivity contribution in [3.63, 3.8) is 0 Å². The van der Waals surface area contributed by atoms with Gasteiger partial charge in [0.05, 0.1) is 0 Å². The molecule has 0 saturated heterocycles. The van der Waals surface area contributed by atoms with Crippen molar-refractivity contribution in [1.29, 1.82) is 0 Å². The second-order valence-corrected chi connectivity index (χ2v) is 14.6. The number of hydrogen-bond donors (Lipinski definition) is 0. The smallest absolute Gasteiger partial charge is 0.0362 e. The Balaban J connectivity index is 1.34. The Morgan fingerprint density at radius 3 is 1.29 bits per heavy atom. The lowest BCUT2D eigenvalue weighted by Gasteiger charge is -2.21. The third-order valence-corrected chi connectivity index (χ3v) is 11.6. The Labute approximate surface area is 291 Å². The quantitative estimate of drug-likeness (QED) is 0.167. The third-order valence-electron chi connectivity index (χ3n) is 10.5. The summed E-state index contributed by atoms with van der Waals surface area (Å²) in [7, 11) is 0. The van der Waals surface area contributed by atoms with E-state index < -0.39 is 0 Å². The zero-order valence-electron chi connectivity index (χ0n) is 28.3. The fourth-order valence-corrected chi connectivity index (χ4v) is 8.87. The summed E-state index contributed by atoms with van der Waals surface area (Å²) in [5.41, 5.74) is 15.5. The average Bonchev–Trinajstić information content (AvgIpc) is 3.51. The van der Waals surface area contributed by atoms with E-state index in [9.17, 15) is 0 Å². The predicted octanol–water partition coefficient (Wildman–Crippen LogP) is 14.3. The van der Waals surface area contributed by atoms with E-state index >= 15 is 0 Å². The van der Waals surface area contributed by atoms with Crippen LogP contribution in [-0.2, 0) is 0 Å². The van der Waals surface area contributed by atoms with Crippen molar-refractivity contribution in [3.8, 4) is 44.5 Å². The molecular weight excluding hydrogens is 609 g/mol. The van der Waals surface area contributed by atoms with Gasteiger partial charge in [0.25, 0.3) is 0 Å². The molecule has 0 spiro atoms. The molecule has 0 aliphatic carbocycles. The zero-order chi connectivity index (χ0) is 33.2. The van der Waals surface area contributed by atoms with Gasteiger partial charge in [-0.25, -0.2) is 0 Å². The van der Waals surface area contributed by atoms with E-state index in [4.69, 9.17) is 0 Å². The summed E-state index contributed by atoms with van der Waals surface area (Å²) in [4.78, 5) is 0. The van der Waals surface area contributed by atoms with Gasteiger partial charge in [-0.3, -0.25) is 0 Å². The minimum Gasteiger partial charge on any atom is -0.135 e. The van der Waals surface area contributed by atoms with Crippen LogP contribution in [0.5, 0.6) is 0 Å². The standard InChI is InChI=1S/C48H36S/c1-29-25-39-41(27-31(29)3)46(42-28-32(4)30(2)26-40(42)45(39)34-15-9-6-10-16-34)35-19-21-36(22-20-35)47-37(33-13-7-5-8-14-33)23-24-44-48(47)38-17-11-12-18-43(38)49-44/h5-28H,1-4H3. The van der Waals surface area contributed by atoms with Crippen LogP contribution in [0.1, 0.15) is 22.3 Å². The first-order valence-corrected chi connectivity index (χ1v) is 17.9. The van der Waals surface area contributed by atoms with Crippen LogP contribution < -0.4 is 0 Å². The normalized spacial score (nSPS) is 11.7. The van der Waals surface area contributed by atoms with Crippen LogP contribution in [0.4, 0.5) is 0 Å². The van der Waals surface area contributed by atoms with Crippen LogP contribution in [0.15, 0.2) is 146 Å². The summed E-state index contributed by atoms with van der Waals surface area (Å²) in [5.74, 6) is 0. The number of benzene rings is 8. The van der Waals surface area contributed by atoms with Crippen LogP contribution in [0, 0.1) is 27.7 Å². The van der Waals surface area contributed by atoms with E-state index in [-0.39, 0.29) is 0 Å². The molecule has 0 N–H and O–H groups in total. The minimum atomic E-state index is 1.24. The van der Waals surface area contributed by atoms with E-state index in [0.29, 0.717) is 0 Å². The van der Waals surface area contributed by atoms with Crippen LogP contribution in [0.25, 0.3) is 86.2 Å². The summed E-state index contributed by atoms with van der Waals surface area (Å²) in [6, 6.07) is 54.3.